The molecular formula is C22H30N2O2. The third kappa shape index (κ3) is 2.41. The Bertz CT molecular complexity index is 727. The first-order valence-electron chi connectivity index (χ1n) is 10.5. The zero-order chi connectivity index (χ0) is 17.7. The van der Waals surface area contributed by atoms with E-state index in [9.17, 15) is 5.11 Å². The summed E-state index contributed by atoms with van der Waals surface area (Å²) in [5.41, 5.74) is 3.67. The van der Waals surface area contributed by atoms with Gasteiger partial charge in [-0.1, -0.05) is 24.4 Å². The van der Waals surface area contributed by atoms with Gasteiger partial charge in [-0.3, -0.25) is 4.90 Å². The third-order valence-corrected chi connectivity index (χ3v) is 8.01. The third-order valence-electron chi connectivity index (χ3n) is 8.01. The Labute approximate surface area is 155 Å². The van der Waals surface area contributed by atoms with Crippen LogP contribution in [0, 0.1) is 11.8 Å². The second-order valence-electron chi connectivity index (χ2n) is 9.13. The number of likely N-dealkylation sites (tertiary alicyclic amines) is 1. The Hall–Kier alpha value is -1.55. The smallest absolute Gasteiger partial charge is 0.124 e. The summed E-state index contributed by atoms with van der Waals surface area (Å²) in [6.45, 7) is 2.51. The molecule has 0 unspecified atom stereocenters. The molecule has 4 nitrogen and oxygen atoms in total. The SMILES string of the molecule is O/N=C\c1cc2c(cc1O)[C@@]13CCCC[C@H]1[C@@H](C2)N(CC1CCC1)CC3. The van der Waals surface area contributed by atoms with Crippen LogP contribution in [0.5, 0.6) is 5.75 Å². The van der Waals surface area contributed by atoms with Gasteiger partial charge in [0, 0.05) is 23.6 Å². The maximum Gasteiger partial charge on any atom is 0.124 e. The zero-order valence-electron chi connectivity index (χ0n) is 15.5. The number of aromatic hydroxyl groups is 1. The van der Waals surface area contributed by atoms with Crippen LogP contribution in [0.4, 0.5) is 0 Å². The van der Waals surface area contributed by atoms with Gasteiger partial charge in [0.1, 0.15) is 5.75 Å². The maximum atomic E-state index is 10.5. The average molecular weight is 354 g/mol. The molecule has 1 aromatic carbocycles. The lowest BCUT2D eigenvalue weighted by Crippen LogP contribution is -2.61. The second kappa shape index (κ2) is 6.26. The highest BCUT2D eigenvalue weighted by molar-refractivity contribution is 5.83. The van der Waals surface area contributed by atoms with Crippen LogP contribution in [0.25, 0.3) is 0 Å². The normalized spacial score (nSPS) is 34.3. The van der Waals surface area contributed by atoms with E-state index in [1.165, 1.54) is 81.8 Å². The van der Waals surface area contributed by atoms with Crippen molar-refractivity contribution in [3.05, 3.63) is 28.8 Å². The quantitative estimate of drug-likeness (QED) is 0.489. The molecule has 26 heavy (non-hydrogen) atoms. The second-order valence-corrected chi connectivity index (χ2v) is 9.13. The molecule has 3 aliphatic carbocycles. The summed E-state index contributed by atoms with van der Waals surface area (Å²) in [6.07, 6.45) is 13.2. The molecule has 2 saturated carbocycles. The van der Waals surface area contributed by atoms with E-state index >= 15 is 0 Å². The Morgan fingerprint density at radius 2 is 2.04 bits per heavy atom. The van der Waals surface area contributed by atoms with E-state index in [1.54, 1.807) is 0 Å². The highest BCUT2D eigenvalue weighted by Gasteiger charge is 2.54. The van der Waals surface area contributed by atoms with Crippen molar-refractivity contribution in [3.8, 4) is 5.75 Å². The van der Waals surface area contributed by atoms with Crippen molar-refractivity contribution in [1.82, 2.24) is 4.90 Å². The van der Waals surface area contributed by atoms with Crippen LogP contribution in [0.3, 0.4) is 0 Å². The van der Waals surface area contributed by atoms with Gasteiger partial charge in [-0.05, 0) is 80.2 Å². The molecule has 0 radical (unpaired) electrons. The van der Waals surface area contributed by atoms with Crippen LogP contribution >= 0.6 is 0 Å². The first kappa shape index (κ1) is 16.6. The first-order valence-corrected chi connectivity index (χ1v) is 10.5. The van der Waals surface area contributed by atoms with Crippen molar-refractivity contribution in [3.63, 3.8) is 0 Å². The molecule has 4 heteroatoms. The van der Waals surface area contributed by atoms with Crippen molar-refractivity contribution in [2.24, 2.45) is 17.0 Å². The minimum Gasteiger partial charge on any atom is -0.507 e. The molecule has 2 bridgehead atoms. The highest BCUT2D eigenvalue weighted by Crippen LogP contribution is 2.56. The first-order chi connectivity index (χ1) is 12.7. The molecule has 140 valence electrons. The summed E-state index contributed by atoms with van der Waals surface area (Å²) in [4.78, 5) is 2.81. The summed E-state index contributed by atoms with van der Waals surface area (Å²) in [5, 5.41) is 22.5. The van der Waals surface area contributed by atoms with E-state index in [0.29, 0.717) is 11.6 Å². The van der Waals surface area contributed by atoms with E-state index in [0.717, 1.165) is 18.3 Å². The van der Waals surface area contributed by atoms with E-state index < -0.39 is 0 Å². The molecular weight excluding hydrogens is 324 g/mol. The highest BCUT2D eigenvalue weighted by atomic mass is 16.4. The van der Waals surface area contributed by atoms with Crippen molar-refractivity contribution < 1.29 is 10.3 Å². The van der Waals surface area contributed by atoms with Gasteiger partial charge in [-0.25, -0.2) is 0 Å². The summed E-state index contributed by atoms with van der Waals surface area (Å²) in [6, 6.07) is 4.74. The number of nitrogens with zero attached hydrogens (tertiary/aromatic N) is 2. The number of fused-ring (bicyclic) bond motifs is 1. The molecule has 4 aliphatic rings. The van der Waals surface area contributed by atoms with Gasteiger partial charge in [0.05, 0.1) is 6.21 Å². The monoisotopic (exact) mass is 354 g/mol. The van der Waals surface area contributed by atoms with Gasteiger partial charge in [0.15, 0.2) is 0 Å². The van der Waals surface area contributed by atoms with Gasteiger partial charge >= 0.3 is 0 Å². The number of hydrogen-bond donors (Lipinski definition) is 2. The van der Waals surface area contributed by atoms with Crippen molar-refractivity contribution in [2.45, 2.75) is 69.2 Å². The van der Waals surface area contributed by atoms with E-state index in [1.807, 2.05) is 6.07 Å². The number of phenolic OH excluding ortho intramolecular Hbond substituents is 1. The van der Waals surface area contributed by atoms with E-state index in [-0.39, 0.29) is 11.2 Å². The van der Waals surface area contributed by atoms with Crippen LogP contribution in [-0.2, 0) is 11.8 Å². The molecule has 3 fully saturated rings. The van der Waals surface area contributed by atoms with Crippen molar-refractivity contribution in [1.29, 1.82) is 0 Å². The molecule has 0 amide bonds. The minimum absolute atomic E-state index is 0.260. The number of phenols is 1. The Morgan fingerprint density at radius 3 is 2.81 bits per heavy atom. The fourth-order valence-electron chi connectivity index (χ4n) is 6.55. The van der Waals surface area contributed by atoms with Gasteiger partial charge in [-0.15, -0.1) is 0 Å². The molecule has 0 aromatic heterocycles. The lowest BCUT2D eigenvalue weighted by Gasteiger charge is -2.59. The largest absolute Gasteiger partial charge is 0.507 e. The number of piperidine rings is 1. The summed E-state index contributed by atoms with van der Waals surface area (Å²) < 4.78 is 0. The molecule has 3 atom stereocenters. The zero-order valence-corrected chi connectivity index (χ0v) is 15.5. The molecule has 0 spiro atoms. The molecule has 1 aromatic rings. The number of rotatable bonds is 3. The van der Waals surface area contributed by atoms with E-state index in [2.05, 4.69) is 16.1 Å². The molecule has 1 aliphatic heterocycles. The molecule has 1 heterocycles. The van der Waals surface area contributed by atoms with Crippen LogP contribution in [0.1, 0.15) is 68.1 Å². The number of benzene rings is 1. The van der Waals surface area contributed by atoms with Crippen LogP contribution in [0.2, 0.25) is 0 Å². The van der Waals surface area contributed by atoms with Crippen LogP contribution < -0.4 is 0 Å². The Balaban J connectivity index is 1.56. The Kier molecular flexibility index (Phi) is 4.00. The van der Waals surface area contributed by atoms with Gasteiger partial charge < -0.3 is 10.3 Å². The predicted octanol–water partition coefficient (Wildman–Crippen LogP) is 4.06. The fraction of sp³-hybridized carbons (Fsp3) is 0.682. The average Bonchev–Trinajstić information content (AvgIpc) is 2.61. The number of oxime groups is 1. The predicted molar refractivity (Wildman–Crippen MR) is 102 cm³/mol. The lowest BCUT2D eigenvalue weighted by atomic mass is 9.52. The van der Waals surface area contributed by atoms with Gasteiger partial charge in [0.25, 0.3) is 0 Å². The minimum atomic E-state index is 0.260. The lowest BCUT2D eigenvalue weighted by molar-refractivity contribution is -0.0240. The summed E-state index contributed by atoms with van der Waals surface area (Å²) in [7, 11) is 0. The van der Waals surface area contributed by atoms with Gasteiger partial charge in [-0.2, -0.15) is 0 Å². The maximum absolute atomic E-state index is 10.5. The topological polar surface area (TPSA) is 56.1 Å². The molecule has 1 saturated heterocycles. The van der Waals surface area contributed by atoms with Crippen LogP contribution in [-0.4, -0.2) is 40.6 Å². The summed E-state index contributed by atoms with van der Waals surface area (Å²) in [5.74, 6) is 1.93. The molecule has 2 N–H and O–H groups in total. The number of hydrogen-bond acceptors (Lipinski definition) is 4. The Morgan fingerprint density at radius 1 is 1.15 bits per heavy atom. The van der Waals surface area contributed by atoms with Crippen molar-refractivity contribution in [2.75, 3.05) is 13.1 Å². The van der Waals surface area contributed by atoms with Gasteiger partial charge in [0.2, 0.25) is 0 Å². The molecule has 5 rings (SSSR count). The van der Waals surface area contributed by atoms with Crippen LogP contribution in [0.15, 0.2) is 17.3 Å². The summed E-state index contributed by atoms with van der Waals surface area (Å²) >= 11 is 0. The van der Waals surface area contributed by atoms with Crippen molar-refractivity contribution >= 4 is 6.21 Å². The van der Waals surface area contributed by atoms with E-state index in [4.69, 9.17) is 5.21 Å². The fourth-order valence-corrected chi connectivity index (χ4v) is 6.55. The standard InChI is InChI=1S/C22H30N2O2/c25-21-12-19-16(10-17(21)13-23-26)11-20-18-6-1-2-7-22(18,19)8-9-24(20)14-15-4-3-5-15/h10,12-13,15,18,20,25-26H,1-9,11,14H2/b23-13-/t18-,20+,22+/m0/s1.